The lowest BCUT2D eigenvalue weighted by molar-refractivity contribution is -0.159. The molecule has 3 amide bonds. The molecule has 2 saturated heterocycles. The Morgan fingerprint density at radius 2 is 2.08 bits per heavy atom. The molecule has 4 fully saturated rings. The van der Waals surface area contributed by atoms with Gasteiger partial charge in [-0.3, -0.25) is 29.5 Å². The van der Waals surface area contributed by atoms with Crippen LogP contribution < -0.4 is 15.6 Å². The summed E-state index contributed by atoms with van der Waals surface area (Å²) < 4.78 is 0. The zero-order chi connectivity index (χ0) is 26.0. The highest BCUT2D eigenvalue weighted by Gasteiger charge is 2.50. The average molecular weight is 515 g/mol. The number of hydrazine groups is 1. The maximum absolute atomic E-state index is 13.5. The van der Waals surface area contributed by atoms with Gasteiger partial charge in [0.25, 0.3) is 0 Å². The molecule has 0 aromatic carbocycles. The summed E-state index contributed by atoms with van der Waals surface area (Å²) in [4.78, 5) is 51.5. The van der Waals surface area contributed by atoms with Crippen LogP contribution in [0.25, 0.3) is 0 Å². The van der Waals surface area contributed by atoms with Crippen LogP contribution in [-0.2, 0) is 14.4 Å². The molecular formula is C25H38N8O4. The van der Waals surface area contributed by atoms with Gasteiger partial charge in [-0.2, -0.15) is 4.98 Å². The van der Waals surface area contributed by atoms with Crippen LogP contribution in [0.2, 0.25) is 0 Å². The van der Waals surface area contributed by atoms with E-state index in [1.165, 1.54) is 17.9 Å². The van der Waals surface area contributed by atoms with E-state index in [0.29, 0.717) is 48.5 Å². The number of amides is 3. The molecule has 2 atom stereocenters. The predicted molar refractivity (Wildman–Crippen MR) is 135 cm³/mol. The molecule has 1 spiro atoms. The molecule has 3 N–H and O–H groups in total. The number of anilines is 2. The van der Waals surface area contributed by atoms with Crippen molar-refractivity contribution in [3.05, 3.63) is 12.3 Å². The molecule has 12 heteroatoms. The van der Waals surface area contributed by atoms with Crippen molar-refractivity contribution in [2.75, 3.05) is 50.0 Å². The van der Waals surface area contributed by atoms with Crippen molar-refractivity contribution in [1.29, 1.82) is 0 Å². The van der Waals surface area contributed by atoms with Crippen molar-refractivity contribution >= 4 is 30.0 Å². The number of carbonyl (C=O) groups excluding carboxylic acids is 3. The molecule has 2 aliphatic heterocycles. The number of carbonyl (C=O) groups is 3. The SMILES string of the molecule is CN1CCN(c2nccc(NC(=O)[C@@H]3CCNN3C(=O)[C@H](CC3CCCC3)CN(O)C=O)n2)CC12CC2. The molecule has 0 unspecified atom stereocenters. The number of rotatable bonds is 9. The van der Waals surface area contributed by atoms with E-state index in [0.717, 1.165) is 45.3 Å². The standard InChI is InChI=1S/C25H38N8O4/c1-30-12-13-31(16-25(30)8-9-25)24-26-10-7-21(29-24)28-22(35)20-6-11-27-33(20)23(36)19(15-32(37)17-34)14-18-4-2-3-5-18/h7,10,17-20,27,37H,2-6,8-9,11-16H2,1H3,(H,26,28,29,35)/t19-,20+/m1/s1. The molecule has 3 heterocycles. The summed E-state index contributed by atoms with van der Waals surface area (Å²) in [7, 11) is 2.17. The molecule has 1 aromatic rings. The minimum atomic E-state index is -0.710. The van der Waals surface area contributed by atoms with Gasteiger partial charge in [0, 0.05) is 37.9 Å². The first-order chi connectivity index (χ1) is 17.9. The summed E-state index contributed by atoms with van der Waals surface area (Å²) in [6.07, 6.45) is 9.70. The third kappa shape index (κ3) is 5.70. The summed E-state index contributed by atoms with van der Waals surface area (Å²) >= 11 is 0. The van der Waals surface area contributed by atoms with Crippen LogP contribution in [0.5, 0.6) is 0 Å². The van der Waals surface area contributed by atoms with Gasteiger partial charge in [-0.25, -0.2) is 15.5 Å². The highest BCUT2D eigenvalue weighted by molar-refractivity contribution is 5.97. The van der Waals surface area contributed by atoms with Crippen LogP contribution in [0.1, 0.15) is 51.4 Å². The first-order valence-electron chi connectivity index (χ1n) is 13.5. The second kappa shape index (κ2) is 10.9. The van der Waals surface area contributed by atoms with Gasteiger partial charge in [0.1, 0.15) is 11.9 Å². The maximum atomic E-state index is 13.5. The van der Waals surface area contributed by atoms with Gasteiger partial charge >= 0.3 is 0 Å². The van der Waals surface area contributed by atoms with E-state index in [-0.39, 0.29) is 23.9 Å². The molecule has 1 aromatic heterocycles. The Hall–Kier alpha value is -2.83. The highest BCUT2D eigenvalue weighted by Crippen LogP contribution is 2.43. The number of hydrogen-bond donors (Lipinski definition) is 3. The Morgan fingerprint density at radius 3 is 2.81 bits per heavy atom. The number of hydrogen-bond acceptors (Lipinski definition) is 9. The molecule has 37 heavy (non-hydrogen) atoms. The van der Waals surface area contributed by atoms with Gasteiger partial charge in [0.15, 0.2) is 0 Å². The first-order valence-corrected chi connectivity index (χ1v) is 13.5. The molecule has 0 bridgehead atoms. The molecule has 2 aliphatic carbocycles. The van der Waals surface area contributed by atoms with Crippen LogP contribution in [0, 0.1) is 11.8 Å². The highest BCUT2D eigenvalue weighted by atomic mass is 16.5. The van der Waals surface area contributed by atoms with Crippen molar-refractivity contribution in [3.63, 3.8) is 0 Å². The Labute approximate surface area is 217 Å². The zero-order valence-electron chi connectivity index (χ0n) is 21.5. The van der Waals surface area contributed by atoms with Crippen LogP contribution >= 0.6 is 0 Å². The topological polar surface area (TPSA) is 134 Å². The molecule has 2 saturated carbocycles. The lowest BCUT2D eigenvalue weighted by Gasteiger charge is -2.40. The quantitative estimate of drug-likeness (QED) is 0.249. The minimum Gasteiger partial charge on any atom is -0.338 e. The van der Waals surface area contributed by atoms with Gasteiger partial charge in [-0.1, -0.05) is 25.7 Å². The second-order valence-electron chi connectivity index (χ2n) is 11.0. The molecule has 12 nitrogen and oxygen atoms in total. The van der Waals surface area contributed by atoms with Crippen LogP contribution in [0.4, 0.5) is 11.8 Å². The smallest absolute Gasteiger partial charge is 0.250 e. The fourth-order valence-corrected chi connectivity index (χ4v) is 6.11. The van der Waals surface area contributed by atoms with Crippen LogP contribution in [0.15, 0.2) is 12.3 Å². The van der Waals surface area contributed by atoms with Gasteiger partial charge in [0.05, 0.1) is 12.5 Å². The number of aromatic nitrogens is 2. The van der Waals surface area contributed by atoms with Crippen molar-refractivity contribution in [2.24, 2.45) is 11.8 Å². The van der Waals surface area contributed by atoms with Crippen molar-refractivity contribution in [2.45, 2.75) is 62.9 Å². The number of likely N-dealkylation sites (N-methyl/N-ethyl adjacent to an activating group) is 1. The Morgan fingerprint density at radius 1 is 1.30 bits per heavy atom. The van der Waals surface area contributed by atoms with Crippen molar-refractivity contribution in [3.8, 4) is 0 Å². The van der Waals surface area contributed by atoms with E-state index >= 15 is 0 Å². The lowest BCUT2D eigenvalue weighted by atomic mass is 9.92. The maximum Gasteiger partial charge on any atom is 0.250 e. The summed E-state index contributed by atoms with van der Waals surface area (Å²) in [6, 6.07) is 0.953. The van der Waals surface area contributed by atoms with Crippen LogP contribution in [0.3, 0.4) is 0 Å². The number of piperazine rings is 1. The van der Waals surface area contributed by atoms with E-state index < -0.39 is 12.0 Å². The predicted octanol–water partition coefficient (Wildman–Crippen LogP) is 0.849. The zero-order valence-corrected chi connectivity index (χ0v) is 21.5. The normalized spacial score (nSPS) is 24.3. The third-order valence-corrected chi connectivity index (χ3v) is 8.53. The minimum absolute atomic E-state index is 0.0901. The summed E-state index contributed by atoms with van der Waals surface area (Å²) in [5.41, 5.74) is 3.26. The van der Waals surface area contributed by atoms with Gasteiger partial charge in [0.2, 0.25) is 24.2 Å². The van der Waals surface area contributed by atoms with Crippen molar-refractivity contribution in [1.82, 2.24) is 30.4 Å². The van der Waals surface area contributed by atoms with Gasteiger partial charge in [-0.05, 0) is 44.7 Å². The van der Waals surface area contributed by atoms with E-state index in [1.54, 1.807) is 12.3 Å². The fourth-order valence-electron chi connectivity index (χ4n) is 6.11. The van der Waals surface area contributed by atoms with E-state index in [2.05, 4.69) is 37.6 Å². The van der Waals surface area contributed by atoms with Crippen LogP contribution in [-0.4, -0.2) is 99.7 Å². The third-order valence-electron chi connectivity index (χ3n) is 8.53. The Kier molecular flexibility index (Phi) is 7.59. The fraction of sp³-hybridized carbons (Fsp3) is 0.720. The second-order valence-corrected chi connectivity index (χ2v) is 11.0. The Bertz CT molecular complexity index is 999. The largest absolute Gasteiger partial charge is 0.338 e. The van der Waals surface area contributed by atoms with E-state index in [4.69, 9.17) is 0 Å². The number of nitrogens with zero attached hydrogens (tertiary/aromatic N) is 6. The lowest BCUT2D eigenvalue weighted by Crippen LogP contribution is -2.53. The van der Waals surface area contributed by atoms with E-state index in [1.807, 2.05) is 0 Å². The molecule has 4 aliphatic rings. The molecule has 0 radical (unpaired) electrons. The van der Waals surface area contributed by atoms with Gasteiger partial charge in [-0.15, -0.1) is 0 Å². The molecule has 202 valence electrons. The number of hydroxylamine groups is 2. The Balaban J connectivity index is 1.24. The number of nitrogens with one attached hydrogen (secondary N) is 2. The summed E-state index contributed by atoms with van der Waals surface area (Å²) in [5.74, 6) is 0.202. The molecular weight excluding hydrogens is 476 g/mol. The molecule has 5 rings (SSSR count). The van der Waals surface area contributed by atoms with E-state index in [9.17, 15) is 19.6 Å². The van der Waals surface area contributed by atoms with Crippen molar-refractivity contribution < 1.29 is 19.6 Å². The summed E-state index contributed by atoms with van der Waals surface area (Å²) in [5, 5.41) is 14.6. The monoisotopic (exact) mass is 514 g/mol. The first kappa shape index (κ1) is 25.8. The summed E-state index contributed by atoms with van der Waals surface area (Å²) in [6.45, 7) is 3.04. The average Bonchev–Trinajstić information content (AvgIpc) is 3.27. The van der Waals surface area contributed by atoms with Gasteiger partial charge < -0.3 is 10.2 Å².